The highest BCUT2D eigenvalue weighted by Gasteiger charge is 2.32. The minimum Gasteiger partial charge on any atom is -0.332 e. The van der Waals surface area contributed by atoms with Gasteiger partial charge < -0.3 is 4.90 Å². The molecule has 1 aromatic rings. The standard InChI is InChI=1S/C12H12BrF4NO/c13-4-5-18(8-12(15,16)17)11(19)7-9-2-1-3-10(14)6-9/h1-3,6H,4-5,7-8H2. The van der Waals surface area contributed by atoms with Crippen LogP contribution in [-0.4, -0.2) is 35.4 Å². The Morgan fingerprint density at radius 1 is 1.32 bits per heavy atom. The minimum atomic E-state index is -4.44. The summed E-state index contributed by atoms with van der Waals surface area (Å²) in [5, 5.41) is 0.248. The minimum absolute atomic E-state index is 0.0480. The van der Waals surface area contributed by atoms with Gasteiger partial charge in [0.15, 0.2) is 0 Å². The molecule has 1 aromatic carbocycles. The van der Waals surface area contributed by atoms with E-state index in [2.05, 4.69) is 15.9 Å². The highest BCUT2D eigenvalue weighted by Crippen LogP contribution is 2.17. The summed E-state index contributed by atoms with van der Waals surface area (Å²) in [6, 6.07) is 5.26. The number of amides is 1. The van der Waals surface area contributed by atoms with Gasteiger partial charge in [0.25, 0.3) is 0 Å². The number of hydrogen-bond donors (Lipinski definition) is 0. The SMILES string of the molecule is O=C(Cc1cccc(F)c1)N(CCBr)CC(F)(F)F. The largest absolute Gasteiger partial charge is 0.406 e. The van der Waals surface area contributed by atoms with Gasteiger partial charge in [-0.3, -0.25) is 4.79 Å². The van der Waals surface area contributed by atoms with E-state index in [1.54, 1.807) is 0 Å². The van der Waals surface area contributed by atoms with Crippen molar-refractivity contribution in [1.82, 2.24) is 4.90 Å². The summed E-state index contributed by atoms with van der Waals surface area (Å²) < 4.78 is 49.9. The molecule has 1 amide bonds. The van der Waals surface area contributed by atoms with E-state index in [0.29, 0.717) is 10.5 Å². The first-order valence-corrected chi connectivity index (χ1v) is 6.59. The Labute approximate surface area is 116 Å². The van der Waals surface area contributed by atoms with Crippen molar-refractivity contribution >= 4 is 21.8 Å². The van der Waals surface area contributed by atoms with Gasteiger partial charge in [-0.15, -0.1) is 0 Å². The highest BCUT2D eigenvalue weighted by atomic mass is 79.9. The molecule has 2 nitrogen and oxygen atoms in total. The molecule has 0 aliphatic heterocycles. The van der Waals surface area contributed by atoms with E-state index >= 15 is 0 Å². The fourth-order valence-electron chi connectivity index (χ4n) is 1.54. The van der Waals surface area contributed by atoms with Crippen LogP contribution < -0.4 is 0 Å². The van der Waals surface area contributed by atoms with Crippen LogP contribution in [0.15, 0.2) is 24.3 Å². The molecule has 0 atom stereocenters. The molecule has 0 aliphatic carbocycles. The van der Waals surface area contributed by atoms with Crippen molar-refractivity contribution in [1.29, 1.82) is 0 Å². The Morgan fingerprint density at radius 3 is 2.53 bits per heavy atom. The second-order valence-electron chi connectivity index (χ2n) is 3.93. The van der Waals surface area contributed by atoms with Gasteiger partial charge in [-0.2, -0.15) is 13.2 Å². The molecule has 0 aromatic heterocycles. The summed E-state index contributed by atoms with van der Waals surface area (Å²) in [5.41, 5.74) is 0.353. The van der Waals surface area contributed by atoms with Crippen LogP contribution in [0.4, 0.5) is 17.6 Å². The topological polar surface area (TPSA) is 20.3 Å². The van der Waals surface area contributed by atoms with E-state index < -0.39 is 24.4 Å². The molecule has 0 spiro atoms. The van der Waals surface area contributed by atoms with Gasteiger partial charge in [0.1, 0.15) is 12.4 Å². The Kier molecular flexibility index (Phi) is 5.78. The van der Waals surface area contributed by atoms with E-state index in [1.165, 1.54) is 18.2 Å². The Hall–Kier alpha value is -1.11. The number of hydrogen-bond acceptors (Lipinski definition) is 1. The lowest BCUT2D eigenvalue weighted by Gasteiger charge is -2.23. The summed E-state index contributed by atoms with van der Waals surface area (Å²) in [6.07, 6.45) is -4.69. The Morgan fingerprint density at radius 2 is 2.00 bits per heavy atom. The van der Waals surface area contributed by atoms with E-state index in [-0.39, 0.29) is 18.3 Å². The molecule has 0 radical (unpaired) electrons. The Balaban J connectivity index is 2.71. The Bertz CT molecular complexity index is 436. The maximum atomic E-state index is 12.9. The van der Waals surface area contributed by atoms with E-state index in [4.69, 9.17) is 0 Å². The number of nitrogens with zero attached hydrogens (tertiary/aromatic N) is 1. The number of carbonyl (C=O) groups is 1. The first-order valence-electron chi connectivity index (χ1n) is 5.47. The molecular weight excluding hydrogens is 330 g/mol. The van der Waals surface area contributed by atoms with Crippen LogP contribution in [-0.2, 0) is 11.2 Å². The molecule has 0 bridgehead atoms. The number of alkyl halides is 4. The average Bonchev–Trinajstić information content (AvgIpc) is 2.26. The fraction of sp³-hybridized carbons (Fsp3) is 0.417. The third-order valence-corrected chi connectivity index (χ3v) is 2.68. The van der Waals surface area contributed by atoms with Crippen LogP contribution >= 0.6 is 15.9 Å². The third kappa shape index (κ3) is 6.04. The van der Waals surface area contributed by atoms with Gasteiger partial charge in [0.05, 0.1) is 6.42 Å². The first-order chi connectivity index (χ1) is 8.81. The van der Waals surface area contributed by atoms with E-state index in [9.17, 15) is 22.4 Å². The van der Waals surface area contributed by atoms with Crippen molar-refractivity contribution < 1.29 is 22.4 Å². The highest BCUT2D eigenvalue weighted by molar-refractivity contribution is 9.09. The average molecular weight is 342 g/mol. The quantitative estimate of drug-likeness (QED) is 0.595. The summed E-state index contributed by atoms with van der Waals surface area (Å²) in [6.45, 7) is -1.35. The first kappa shape index (κ1) is 15.9. The number of benzene rings is 1. The molecule has 19 heavy (non-hydrogen) atoms. The molecule has 1 rings (SSSR count). The lowest BCUT2D eigenvalue weighted by Crippen LogP contribution is -2.40. The molecule has 0 heterocycles. The predicted octanol–water partition coefficient (Wildman–Crippen LogP) is 3.15. The molecule has 0 unspecified atom stereocenters. The van der Waals surface area contributed by atoms with Gasteiger partial charge >= 0.3 is 6.18 Å². The lowest BCUT2D eigenvalue weighted by molar-refractivity contribution is -0.160. The van der Waals surface area contributed by atoms with Crippen LogP contribution in [0.2, 0.25) is 0 Å². The summed E-state index contributed by atoms with van der Waals surface area (Å²) in [4.78, 5) is 12.5. The molecule has 106 valence electrons. The summed E-state index contributed by atoms with van der Waals surface area (Å²) in [7, 11) is 0. The van der Waals surface area contributed by atoms with Crippen molar-refractivity contribution in [3.8, 4) is 0 Å². The normalized spacial score (nSPS) is 11.4. The van der Waals surface area contributed by atoms with Gasteiger partial charge in [0, 0.05) is 11.9 Å². The number of halogens is 5. The zero-order valence-electron chi connectivity index (χ0n) is 9.88. The zero-order chi connectivity index (χ0) is 14.5. The number of carbonyl (C=O) groups excluding carboxylic acids is 1. The molecular formula is C12H12BrF4NO. The maximum absolute atomic E-state index is 12.9. The molecule has 0 saturated carbocycles. The van der Waals surface area contributed by atoms with Gasteiger partial charge in [-0.1, -0.05) is 28.1 Å². The smallest absolute Gasteiger partial charge is 0.332 e. The van der Waals surface area contributed by atoms with Crippen molar-refractivity contribution in [3.05, 3.63) is 35.6 Å². The predicted molar refractivity (Wildman–Crippen MR) is 66.5 cm³/mol. The molecule has 0 aliphatic rings. The fourth-order valence-corrected chi connectivity index (χ4v) is 1.97. The van der Waals surface area contributed by atoms with Crippen molar-refractivity contribution in [2.45, 2.75) is 12.6 Å². The summed E-state index contributed by atoms with van der Waals surface area (Å²) >= 11 is 3.00. The molecule has 0 saturated heterocycles. The lowest BCUT2D eigenvalue weighted by atomic mass is 10.1. The van der Waals surface area contributed by atoms with E-state index in [1.807, 2.05) is 0 Å². The molecule has 7 heteroatoms. The number of rotatable bonds is 5. The van der Waals surface area contributed by atoms with Gasteiger partial charge in [-0.05, 0) is 17.7 Å². The van der Waals surface area contributed by atoms with Gasteiger partial charge in [-0.25, -0.2) is 4.39 Å². The van der Waals surface area contributed by atoms with Crippen LogP contribution in [0, 0.1) is 5.82 Å². The van der Waals surface area contributed by atoms with Crippen molar-refractivity contribution in [2.75, 3.05) is 18.4 Å². The van der Waals surface area contributed by atoms with Crippen LogP contribution in [0.5, 0.6) is 0 Å². The van der Waals surface area contributed by atoms with Gasteiger partial charge in [0.2, 0.25) is 5.91 Å². The second-order valence-corrected chi connectivity index (χ2v) is 4.72. The third-order valence-electron chi connectivity index (χ3n) is 2.32. The van der Waals surface area contributed by atoms with Crippen molar-refractivity contribution in [3.63, 3.8) is 0 Å². The van der Waals surface area contributed by atoms with Crippen LogP contribution in [0.1, 0.15) is 5.56 Å². The van der Waals surface area contributed by atoms with Crippen LogP contribution in [0.3, 0.4) is 0 Å². The van der Waals surface area contributed by atoms with E-state index in [0.717, 1.165) is 6.07 Å². The van der Waals surface area contributed by atoms with Crippen LogP contribution in [0.25, 0.3) is 0 Å². The monoisotopic (exact) mass is 341 g/mol. The van der Waals surface area contributed by atoms with Crippen molar-refractivity contribution in [2.24, 2.45) is 0 Å². The summed E-state index contributed by atoms with van der Waals surface area (Å²) in [5.74, 6) is -1.20. The zero-order valence-corrected chi connectivity index (χ0v) is 11.5. The second kappa shape index (κ2) is 6.88. The maximum Gasteiger partial charge on any atom is 0.406 e. The molecule has 0 fully saturated rings. The molecule has 0 N–H and O–H groups in total.